The number of hydrogen-bond acceptors (Lipinski definition) is 2. The summed E-state index contributed by atoms with van der Waals surface area (Å²) in [6, 6.07) is 5.21. The van der Waals surface area contributed by atoms with Crippen molar-refractivity contribution in [1.29, 1.82) is 0 Å². The molecule has 120 valence electrons. The van der Waals surface area contributed by atoms with Crippen LogP contribution in [0.1, 0.15) is 30.9 Å². The molecule has 0 N–H and O–H groups in total. The third-order valence-electron chi connectivity index (χ3n) is 4.14. The van der Waals surface area contributed by atoms with E-state index in [0.29, 0.717) is 26.1 Å². The van der Waals surface area contributed by atoms with Crippen molar-refractivity contribution in [3.8, 4) is 0 Å². The standard InChI is InChI=1S/C17H20F3NO/c1-3-12(2)15-11-21(9-8-16(15)22)10-13-4-6-14(7-5-13)17(18,19)20/h4-7,15H,2-3,8-11H2,1H3. The molecular formula is C17H20F3NO. The molecular weight excluding hydrogens is 291 g/mol. The second-order valence-corrected chi connectivity index (χ2v) is 5.71. The molecule has 0 saturated carbocycles. The van der Waals surface area contributed by atoms with Crippen LogP contribution in [0, 0.1) is 5.92 Å². The summed E-state index contributed by atoms with van der Waals surface area (Å²) in [6.07, 6.45) is -3.06. The molecule has 1 heterocycles. The van der Waals surface area contributed by atoms with Crippen molar-refractivity contribution in [3.05, 3.63) is 47.5 Å². The van der Waals surface area contributed by atoms with Crippen LogP contribution in [0.4, 0.5) is 13.2 Å². The molecule has 1 aliphatic rings. The Bertz CT molecular complexity index is 540. The van der Waals surface area contributed by atoms with Crippen LogP contribution in [0.3, 0.4) is 0 Å². The van der Waals surface area contributed by atoms with Gasteiger partial charge in [-0.15, -0.1) is 0 Å². The highest BCUT2D eigenvalue weighted by molar-refractivity contribution is 5.84. The minimum absolute atomic E-state index is 0.145. The van der Waals surface area contributed by atoms with Crippen LogP contribution in [0.2, 0.25) is 0 Å². The highest BCUT2D eigenvalue weighted by atomic mass is 19.4. The summed E-state index contributed by atoms with van der Waals surface area (Å²) in [7, 11) is 0. The number of carbonyl (C=O) groups is 1. The van der Waals surface area contributed by atoms with Gasteiger partial charge >= 0.3 is 6.18 Å². The molecule has 0 aliphatic carbocycles. The molecule has 0 spiro atoms. The van der Waals surface area contributed by atoms with E-state index in [1.807, 2.05) is 6.92 Å². The van der Waals surface area contributed by atoms with Gasteiger partial charge in [0.05, 0.1) is 11.5 Å². The van der Waals surface area contributed by atoms with Crippen molar-refractivity contribution in [2.24, 2.45) is 5.92 Å². The lowest BCUT2D eigenvalue weighted by atomic mass is 9.88. The number of ketones is 1. The maximum absolute atomic E-state index is 12.5. The van der Waals surface area contributed by atoms with Crippen LogP contribution in [0.5, 0.6) is 0 Å². The molecule has 0 amide bonds. The molecule has 1 saturated heterocycles. The maximum Gasteiger partial charge on any atom is 0.416 e. The Morgan fingerprint density at radius 1 is 1.32 bits per heavy atom. The monoisotopic (exact) mass is 311 g/mol. The molecule has 1 aromatic rings. The van der Waals surface area contributed by atoms with E-state index in [-0.39, 0.29) is 11.7 Å². The van der Waals surface area contributed by atoms with Crippen molar-refractivity contribution in [1.82, 2.24) is 4.90 Å². The smallest absolute Gasteiger partial charge is 0.299 e. The van der Waals surface area contributed by atoms with Gasteiger partial charge in [0.1, 0.15) is 5.78 Å². The topological polar surface area (TPSA) is 20.3 Å². The van der Waals surface area contributed by atoms with Crippen molar-refractivity contribution in [2.75, 3.05) is 13.1 Å². The zero-order valence-electron chi connectivity index (χ0n) is 12.6. The predicted molar refractivity (Wildman–Crippen MR) is 79.3 cm³/mol. The number of likely N-dealkylation sites (tertiary alicyclic amines) is 1. The van der Waals surface area contributed by atoms with Gasteiger partial charge in [-0.3, -0.25) is 9.69 Å². The Morgan fingerprint density at radius 3 is 2.50 bits per heavy atom. The molecule has 1 atom stereocenters. The number of carbonyl (C=O) groups excluding carboxylic acids is 1. The van der Waals surface area contributed by atoms with E-state index >= 15 is 0 Å². The van der Waals surface area contributed by atoms with Crippen molar-refractivity contribution in [3.63, 3.8) is 0 Å². The first-order valence-electron chi connectivity index (χ1n) is 7.40. The van der Waals surface area contributed by atoms with Crippen molar-refractivity contribution >= 4 is 5.78 Å². The summed E-state index contributed by atoms with van der Waals surface area (Å²) in [4.78, 5) is 14.0. The van der Waals surface area contributed by atoms with Crippen LogP contribution in [0.15, 0.2) is 36.4 Å². The van der Waals surface area contributed by atoms with Crippen LogP contribution in [-0.2, 0) is 17.5 Å². The maximum atomic E-state index is 12.5. The Labute approximate surface area is 128 Å². The SMILES string of the molecule is C=C(CC)C1CN(Cc2ccc(C(F)(F)F)cc2)CCC1=O. The number of nitrogens with zero attached hydrogens (tertiary/aromatic N) is 1. The molecule has 0 radical (unpaired) electrons. The predicted octanol–water partition coefficient (Wildman–Crippen LogP) is 4.06. The van der Waals surface area contributed by atoms with E-state index in [0.717, 1.165) is 29.7 Å². The minimum Gasteiger partial charge on any atom is -0.299 e. The molecule has 0 bridgehead atoms. The summed E-state index contributed by atoms with van der Waals surface area (Å²) in [5.74, 6) is 0.0729. The van der Waals surface area contributed by atoms with E-state index in [2.05, 4.69) is 11.5 Å². The molecule has 2 rings (SSSR count). The third kappa shape index (κ3) is 3.97. The normalized spacial score (nSPS) is 20.2. The second-order valence-electron chi connectivity index (χ2n) is 5.71. The summed E-state index contributed by atoms with van der Waals surface area (Å²) in [5, 5.41) is 0. The molecule has 1 aliphatic heterocycles. The molecule has 22 heavy (non-hydrogen) atoms. The van der Waals surface area contributed by atoms with Gasteiger partial charge in [0.25, 0.3) is 0 Å². The van der Waals surface area contributed by atoms with Gasteiger partial charge in [-0.1, -0.05) is 31.2 Å². The fourth-order valence-corrected chi connectivity index (χ4v) is 2.70. The van der Waals surface area contributed by atoms with E-state index in [1.54, 1.807) is 0 Å². The number of halogens is 3. The third-order valence-corrected chi connectivity index (χ3v) is 4.14. The fraction of sp³-hybridized carbons (Fsp3) is 0.471. The molecule has 0 aromatic heterocycles. The van der Waals surface area contributed by atoms with Crippen molar-refractivity contribution < 1.29 is 18.0 Å². The number of hydrogen-bond donors (Lipinski definition) is 0. The lowest BCUT2D eigenvalue weighted by molar-refractivity contribution is -0.137. The fourth-order valence-electron chi connectivity index (χ4n) is 2.70. The molecule has 1 aromatic carbocycles. The van der Waals surface area contributed by atoms with E-state index in [9.17, 15) is 18.0 Å². The molecule has 1 unspecified atom stereocenters. The van der Waals surface area contributed by atoms with Gasteiger partial charge < -0.3 is 0 Å². The Hall–Kier alpha value is -1.62. The van der Waals surface area contributed by atoms with E-state index in [4.69, 9.17) is 0 Å². The largest absolute Gasteiger partial charge is 0.416 e. The summed E-state index contributed by atoms with van der Waals surface area (Å²) in [6.45, 7) is 7.74. The van der Waals surface area contributed by atoms with Crippen LogP contribution < -0.4 is 0 Å². The second kappa shape index (κ2) is 6.65. The quantitative estimate of drug-likeness (QED) is 0.782. The first-order chi connectivity index (χ1) is 10.3. The van der Waals surface area contributed by atoms with Crippen molar-refractivity contribution in [2.45, 2.75) is 32.5 Å². The Morgan fingerprint density at radius 2 is 1.95 bits per heavy atom. The van der Waals surface area contributed by atoms with Gasteiger partial charge in [0.2, 0.25) is 0 Å². The number of rotatable bonds is 4. The van der Waals surface area contributed by atoms with E-state index < -0.39 is 11.7 Å². The Balaban J connectivity index is 2.01. The first kappa shape index (κ1) is 16.7. The number of Topliss-reactive ketones (excluding diaryl/α,β-unsaturated/α-hetero) is 1. The van der Waals surface area contributed by atoms with Crippen LogP contribution in [-0.4, -0.2) is 23.8 Å². The van der Waals surface area contributed by atoms with Crippen LogP contribution in [0.25, 0.3) is 0 Å². The zero-order valence-corrected chi connectivity index (χ0v) is 12.6. The first-order valence-corrected chi connectivity index (χ1v) is 7.40. The lowest BCUT2D eigenvalue weighted by Gasteiger charge is -2.32. The summed E-state index contributed by atoms with van der Waals surface area (Å²) in [5.41, 5.74) is 1.12. The molecule has 1 fully saturated rings. The molecule has 5 heteroatoms. The highest BCUT2D eigenvalue weighted by Crippen LogP contribution is 2.29. The van der Waals surface area contributed by atoms with Gasteiger partial charge in [-0.2, -0.15) is 13.2 Å². The average Bonchev–Trinajstić information content (AvgIpc) is 2.48. The number of piperidine rings is 1. The van der Waals surface area contributed by atoms with Gasteiger partial charge in [0, 0.05) is 26.1 Å². The van der Waals surface area contributed by atoms with E-state index in [1.165, 1.54) is 12.1 Å². The molecule has 2 nitrogen and oxygen atoms in total. The number of benzene rings is 1. The van der Waals surface area contributed by atoms with Crippen LogP contribution >= 0.6 is 0 Å². The lowest BCUT2D eigenvalue weighted by Crippen LogP contribution is -2.40. The minimum atomic E-state index is -4.31. The zero-order chi connectivity index (χ0) is 16.3. The van der Waals surface area contributed by atoms with Gasteiger partial charge in [-0.25, -0.2) is 0 Å². The number of alkyl halides is 3. The summed E-state index contributed by atoms with van der Waals surface area (Å²) >= 11 is 0. The average molecular weight is 311 g/mol. The summed E-state index contributed by atoms with van der Waals surface area (Å²) < 4.78 is 37.6. The Kier molecular flexibility index (Phi) is 5.06. The van der Waals surface area contributed by atoms with Gasteiger partial charge in [0.15, 0.2) is 0 Å². The van der Waals surface area contributed by atoms with Gasteiger partial charge in [-0.05, 0) is 24.1 Å². The highest BCUT2D eigenvalue weighted by Gasteiger charge is 2.31.